The molecule has 4 aromatic carbocycles. The zero-order valence-corrected chi connectivity index (χ0v) is 28.2. The molecule has 9 nitrogen and oxygen atoms in total. The number of rotatable bonds is 11. The fourth-order valence-electron chi connectivity index (χ4n) is 4.70. The third-order valence-electron chi connectivity index (χ3n) is 7.09. The van der Waals surface area contributed by atoms with Crippen LogP contribution in [0.1, 0.15) is 42.3 Å². The highest BCUT2D eigenvalue weighted by atomic mass is 32.2. The van der Waals surface area contributed by atoms with Crippen LogP contribution < -0.4 is 21.3 Å². The normalized spacial score (nSPS) is 10.8. The molecule has 5 aromatic rings. The number of carbonyl (C=O) groups is 4. The Hall–Kier alpha value is -5.96. The second kappa shape index (κ2) is 16.2. The summed E-state index contributed by atoms with van der Waals surface area (Å²) in [6, 6.07) is 34.2. The lowest BCUT2D eigenvalue weighted by atomic mass is 10.1. The van der Waals surface area contributed by atoms with E-state index in [9.17, 15) is 24.4 Å². The number of anilines is 3. The van der Waals surface area contributed by atoms with Crippen LogP contribution in [0, 0.1) is 25.2 Å². The molecule has 1 aromatic heterocycles. The number of aryl methyl sites for hydroxylation is 1. The van der Waals surface area contributed by atoms with Gasteiger partial charge in [0.15, 0.2) is 0 Å². The van der Waals surface area contributed by atoms with Crippen LogP contribution in [0.2, 0.25) is 0 Å². The van der Waals surface area contributed by atoms with Crippen LogP contribution >= 0.6 is 23.1 Å². The molecule has 0 unspecified atom stereocenters. The Bertz CT molecular complexity index is 2090. The van der Waals surface area contributed by atoms with Crippen molar-refractivity contribution in [3.05, 3.63) is 148 Å². The van der Waals surface area contributed by atoms with Crippen molar-refractivity contribution in [3.8, 4) is 6.07 Å². The lowest BCUT2D eigenvalue weighted by molar-refractivity contribution is -0.114. The van der Waals surface area contributed by atoms with E-state index < -0.39 is 11.8 Å². The summed E-state index contributed by atoms with van der Waals surface area (Å²) >= 11 is 2.28. The summed E-state index contributed by atoms with van der Waals surface area (Å²) in [7, 11) is 0. The summed E-state index contributed by atoms with van der Waals surface area (Å²) in [6.07, 6.45) is 1.62. The van der Waals surface area contributed by atoms with Crippen molar-refractivity contribution in [3.63, 3.8) is 0 Å². The number of nitrogens with one attached hydrogen (secondary N) is 4. The van der Waals surface area contributed by atoms with Crippen LogP contribution in [0.4, 0.5) is 16.4 Å². The summed E-state index contributed by atoms with van der Waals surface area (Å²) < 4.78 is 0. The van der Waals surface area contributed by atoms with Gasteiger partial charge >= 0.3 is 0 Å². The maximum Gasteiger partial charge on any atom is 0.272 e. The van der Waals surface area contributed by atoms with Gasteiger partial charge in [-0.1, -0.05) is 72.3 Å². The van der Waals surface area contributed by atoms with Crippen molar-refractivity contribution in [1.29, 1.82) is 5.26 Å². The molecule has 0 bridgehead atoms. The number of nitriles is 1. The van der Waals surface area contributed by atoms with Gasteiger partial charge in [-0.2, -0.15) is 5.26 Å². The molecule has 0 fully saturated rings. The number of hydrogen-bond acceptors (Lipinski definition) is 7. The first kappa shape index (κ1) is 34.4. The zero-order chi connectivity index (χ0) is 34.8. The monoisotopic (exact) mass is 685 g/mol. The van der Waals surface area contributed by atoms with Crippen LogP contribution in [0.3, 0.4) is 0 Å². The lowest BCUT2D eigenvalue weighted by Crippen LogP contribution is -2.30. The maximum absolute atomic E-state index is 13.5. The summed E-state index contributed by atoms with van der Waals surface area (Å²) in [5, 5.41) is 21.2. The third kappa shape index (κ3) is 9.32. The summed E-state index contributed by atoms with van der Waals surface area (Å²) in [4.78, 5) is 53.3. The number of amides is 4. The molecule has 0 saturated carbocycles. The molecule has 0 aliphatic rings. The Kier molecular flexibility index (Phi) is 11.4. The topological polar surface area (TPSA) is 140 Å². The first-order chi connectivity index (χ1) is 23.7. The molecule has 49 heavy (non-hydrogen) atoms. The number of hydrogen-bond donors (Lipinski definition) is 4. The van der Waals surface area contributed by atoms with E-state index in [-0.39, 0.29) is 28.8 Å². The van der Waals surface area contributed by atoms with Crippen LogP contribution in [0.15, 0.2) is 120 Å². The minimum atomic E-state index is -0.519. The van der Waals surface area contributed by atoms with E-state index in [4.69, 9.17) is 0 Å². The molecule has 1 heterocycles. The second-order valence-electron chi connectivity index (χ2n) is 10.8. The van der Waals surface area contributed by atoms with E-state index in [1.807, 2.05) is 37.3 Å². The summed E-state index contributed by atoms with van der Waals surface area (Å²) in [5.41, 5.74) is 4.04. The molecule has 4 amide bonds. The highest BCUT2D eigenvalue weighted by Crippen LogP contribution is 2.33. The largest absolute Gasteiger partial charge is 0.321 e. The van der Waals surface area contributed by atoms with Gasteiger partial charge in [-0.05, 0) is 73.5 Å². The van der Waals surface area contributed by atoms with Gasteiger partial charge in [0.25, 0.3) is 17.7 Å². The van der Waals surface area contributed by atoms with Gasteiger partial charge in [0, 0.05) is 21.8 Å². The standard InChI is InChI=1S/C38H31N5O4S2/c1-24-11-9-12-26(19-24)20-32(42-35(45)27-13-5-3-6-14-27)36(46)41-29-17-10-18-30(21-29)48-23-33(44)43-38-31(22-39)25(2)34(49-38)37(47)40-28-15-7-4-8-16-28/h3-21H,23H2,1-2H3,(H,40,47)(H,41,46)(H,42,45)(H,43,44)/b32-20+. The number of para-hydroxylation sites is 1. The first-order valence-corrected chi connectivity index (χ1v) is 16.9. The van der Waals surface area contributed by atoms with E-state index in [0.29, 0.717) is 37.3 Å². The fourth-order valence-corrected chi connectivity index (χ4v) is 6.53. The van der Waals surface area contributed by atoms with Crippen molar-refractivity contribution in [2.45, 2.75) is 18.7 Å². The molecule has 11 heteroatoms. The van der Waals surface area contributed by atoms with Crippen molar-refractivity contribution >= 4 is 69.2 Å². The van der Waals surface area contributed by atoms with Gasteiger partial charge in [-0.25, -0.2) is 0 Å². The molecule has 4 N–H and O–H groups in total. The highest BCUT2D eigenvalue weighted by Gasteiger charge is 2.22. The van der Waals surface area contributed by atoms with E-state index in [0.717, 1.165) is 22.5 Å². The molecule has 0 spiro atoms. The van der Waals surface area contributed by atoms with Crippen molar-refractivity contribution in [2.24, 2.45) is 0 Å². The predicted molar refractivity (Wildman–Crippen MR) is 196 cm³/mol. The Balaban J connectivity index is 1.24. The molecule has 0 aliphatic carbocycles. The van der Waals surface area contributed by atoms with Gasteiger partial charge in [0.05, 0.1) is 16.2 Å². The number of carbonyl (C=O) groups excluding carboxylic acids is 4. The minimum Gasteiger partial charge on any atom is -0.321 e. The third-order valence-corrected chi connectivity index (χ3v) is 9.29. The number of benzene rings is 4. The van der Waals surface area contributed by atoms with Crippen molar-refractivity contribution in [1.82, 2.24) is 5.32 Å². The molecular weight excluding hydrogens is 655 g/mol. The lowest BCUT2D eigenvalue weighted by Gasteiger charge is -2.12. The van der Waals surface area contributed by atoms with E-state index in [2.05, 4.69) is 27.3 Å². The number of thioether (sulfide) groups is 1. The summed E-state index contributed by atoms with van der Waals surface area (Å²) in [5.74, 6) is -1.66. The minimum absolute atomic E-state index is 0.0103. The molecule has 244 valence electrons. The van der Waals surface area contributed by atoms with E-state index >= 15 is 0 Å². The van der Waals surface area contributed by atoms with E-state index in [1.54, 1.807) is 91.9 Å². The van der Waals surface area contributed by atoms with Crippen LogP contribution in [0.25, 0.3) is 6.08 Å². The van der Waals surface area contributed by atoms with Gasteiger partial charge in [0.1, 0.15) is 16.8 Å². The maximum atomic E-state index is 13.5. The average molecular weight is 686 g/mol. The van der Waals surface area contributed by atoms with Crippen molar-refractivity contribution in [2.75, 3.05) is 21.7 Å². The molecule has 0 aliphatic heterocycles. The summed E-state index contributed by atoms with van der Waals surface area (Å²) in [6.45, 7) is 3.61. The van der Waals surface area contributed by atoms with Gasteiger partial charge in [0.2, 0.25) is 5.91 Å². The molecular formula is C38H31N5O4S2. The van der Waals surface area contributed by atoms with Gasteiger partial charge in [-0.3, -0.25) is 19.2 Å². The Morgan fingerprint density at radius 3 is 2.18 bits per heavy atom. The van der Waals surface area contributed by atoms with Gasteiger partial charge < -0.3 is 21.3 Å². The van der Waals surface area contributed by atoms with Crippen LogP contribution in [-0.4, -0.2) is 29.4 Å². The van der Waals surface area contributed by atoms with E-state index in [1.165, 1.54) is 11.8 Å². The zero-order valence-electron chi connectivity index (χ0n) is 26.6. The first-order valence-electron chi connectivity index (χ1n) is 15.1. The average Bonchev–Trinajstić information content (AvgIpc) is 3.42. The van der Waals surface area contributed by atoms with Crippen LogP contribution in [0.5, 0.6) is 0 Å². The Morgan fingerprint density at radius 1 is 0.776 bits per heavy atom. The molecule has 0 atom stereocenters. The smallest absolute Gasteiger partial charge is 0.272 e. The van der Waals surface area contributed by atoms with Crippen molar-refractivity contribution < 1.29 is 19.2 Å². The Morgan fingerprint density at radius 2 is 1.47 bits per heavy atom. The quantitative estimate of drug-likeness (QED) is 0.0833. The number of nitrogens with zero attached hydrogens (tertiary/aromatic N) is 1. The molecule has 5 rings (SSSR count). The van der Waals surface area contributed by atoms with Crippen LogP contribution in [-0.2, 0) is 9.59 Å². The van der Waals surface area contributed by atoms with Gasteiger partial charge in [-0.15, -0.1) is 23.1 Å². The molecule has 0 saturated heterocycles. The molecule has 0 radical (unpaired) electrons. The predicted octanol–water partition coefficient (Wildman–Crippen LogP) is 7.63. The fraction of sp³-hybridized carbons (Fsp3) is 0.0789. The second-order valence-corrected chi connectivity index (χ2v) is 12.9. The highest BCUT2D eigenvalue weighted by molar-refractivity contribution is 8.00. The Labute approximate surface area is 292 Å². The SMILES string of the molecule is Cc1cccc(/C=C(/NC(=O)c2ccccc2)C(=O)Nc2cccc(SCC(=O)Nc3sc(C(=O)Nc4ccccc4)c(C)c3C#N)c2)c1. The number of thiophene rings is 1.